The molecule has 0 saturated carbocycles. The number of urea groups is 1. The number of rotatable bonds is 8. The Bertz CT molecular complexity index is 1090. The lowest BCUT2D eigenvalue weighted by Crippen LogP contribution is -2.36. The minimum Gasteiger partial charge on any atom is -0.490 e. The number of carbonyl (C=O) groups is 3. The predicted molar refractivity (Wildman–Crippen MR) is 116 cm³/mol. The molecule has 1 aliphatic heterocycles. The van der Waals surface area contributed by atoms with Gasteiger partial charge in [-0.15, -0.1) is 0 Å². The number of benzene rings is 2. The van der Waals surface area contributed by atoms with Gasteiger partial charge in [0, 0.05) is 10.0 Å². The summed E-state index contributed by atoms with van der Waals surface area (Å²) < 4.78 is 30.3. The highest BCUT2D eigenvalue weighted by atomic mass is 79.9. The van der Waals surface area contributed by atoms with Crippen LogP contribution in [0.2, 0.25) is 0 Å². The van der Waals surface area contributed by atoms with Crippen LogP contribution in [0, 0.1) is 5.82 Å². The molecule has 0 unspecified atom stereocenters. The highest BCUT2D eigenvalue weighted by Crippen LogP contribution is 2.35. The fourth-order valence-corrected chi connectivity index (χ4v) is 3.31. The van der Waals surface area contributed by atoms with Crippen molar-refractivity contribution in [3.63, 3.8) is 0 Å². The van der Waals surface area contributed by atoms with Crippen molar-refractivity contribution >= 4 is 39.9 Å². The average molecular weight is 507 g/mol. The van der Waals surface area contributed by atoms with Crippen molar-refractivity contribution < 1.29 is 33.0 Å². The molecule has 0 spiro atoms. The second-order valence-corrected chi connectivity index (χ2v) is 7.44. The first kappa shape index (κ1) is 23.3. The van der Waals surface area contributed by atoms with Crippen molar-refractivity contribution in [2.75, 3.05) is 20.3 Å². The van der Waals surface area contributed by atoms with E-state index in [1.165, 1.54) is 19.3 Å². The number of nitrogens with zero attached hydrogens (tertiary/aromatic N) is 1. The predicted octanol–water partition coefficient (Wildman–Crippen LogP) is 3.63. The fourth-order valence-electron chi connectivity index (χ4n) is 2.88. The van der Waals surface area contributed by atoms with Gasteiger partial charge in [-0.1, -0.05) is 34.1 Å². The van der Waals surface area contributed by atoms with Crippen molar-refractivity contribution in [2.45, 2.75) is 13.5 Å². The Labute approximate surface area is 192 Å². The lowest BCUT2D eigenvalue weighted by molar-refractivity contribution is -0.143. The molecule has 0 aromatic heterocycles. The van der Waals surface area contributed by atoms with E-state index in [-0.39, 0.29) is 18.1 Å². The highest BCUT2D eigenvalue weighted by Gasteiger charge is 2.35. The summed E-state index contributed by atoms with van der Waals surface area (Å²) in [5.74, 6) is -1.01. The lowest BCUT2D eigenvalue weighted by Gasteiger charge is -2.14. The SMILES string of the molecule is CCOc1cc(/C=C2/NC(=O)N(CC(=O)OC)C2=O)c(Br)cc1OCc1ccccc1F. The number of halogens is 2. The number of nitrogens with one attached hydrogen (secondary N) is 1. The third-order valence-corrected chi connectivity index (χ3v) is 5.17. The number of hydrogen-bond acceptors (Lipinski definition) is 6. The molecular weight excluding hydrogens is 487 g/mol. The largest absolute Gasteiger partial charge is 0.490 e. The standard InChI is InChI=1S/C22H20BrFN2O6/c1-3-31-18-9-14(8-17-21(28)26(22(29)25-17)11-20(27)30-2)15(23)10-19(18)32-12-13-6-4-5-7-16(13)24/h4-10H,3,11-12H2,1-2H3,(H,25,29)/b17-8+. The number of methoxy groups -OCH3 is 1. The zero-order valence-electron chi connectivity index (χ0n) is 17.3. The third kappa shape index (κ3) is 5.25. The number of imide groups is 1. The van der Waals surface area contributed by atoms with E-state index in [0.29, 0.717) is 33.7 Å². The Morgan fingerprint density at radius 1 is 1.19 bits per heavy atom. The number of ether oxygens (including phenoxy) is 3. The zero-order chi connectivity index (χ0) is 23.3. The molecule has 1 N–H and O–H groups in total. The second-order valence-electron chi connectivity index (χ2n) is 6.59. The van der Waals surface area contributed by atoms with E-state index in [9.17, 15) is 18.8 Å². The molecule has 2 aromatic carbocycles. The summed E-state index contributed by atoms with van der Waals surface area (Å²) in [6.45, 7) is 1.64. The van der Waals surface area contributed by atoms with E-state index in [1.54, 1.807) is 37.3 Å². The third-order valence-electron chi connectivity index (χ3n) is 4.48. The molecule has 0 bridgehead atoms. The minimum atomic E-state index is -0.724. The molecule has 3 amide bonds. The van der Waals surface area contributed by atoms with Crippen LogP contribution in [0.15, 0.2) is 46.6 Å². The van der Waals surface area contributed by atoms with Crippen LogP contribution in [0.5, 0.6) is 11.5 Å². The lowest BCUT2D eigenvalue weighted by atomic mass is 10.1. The molecule has 0 aliphatic carbocycles. The van der Waals surface area contributed by atoms with Crippen molar-refractivity contribution in [1.29, 1.82) is 0 Å². The van der Waals surface area contributed by atoms with Gasteiger partial charge in [0.15, 0.2) is 11.5 Å². The molecule has 10 heteroatoms. The van der Waals surface area contributed by atoms with Gasteiger partial charge in [-0.05, 0) is 36.8 Å². The molecule has 8 nitrogen and oxygen atoms in total. The van der Waals surface area contributed by atoms with E-state index in [4.69, 9.17) is 9.47 Å². The Morgan fingerprint density at radius 3 is 2.59 bits per heavy atom. The van der Waals surface area contributed by atoms with Crippen LogP contribution in [0.25, 0.3) is 6.08 Å². The summed E-state index contributed by atoms with van der Waals surface area (Å²) >= 11 is 3.42. The average Bonchev–Trinajstić information content (AvgIpc) is 3.03. The van der Waals surface area contributed by atoms with E-state index in [1.807, 2.05) is 0 Å². The van der Waals surface area contributed by atoms with Gasteiger partial charge in [0.2, 0.25) is 0 Å². The van der Waals surface area contributed by atoms with Gasteiger partial charge in [0.1, 0.15) is 24.7 Å². The normalized spacial score (nSPS) is 14.5. The first-order valence-corrected chi connectivity index (χ1v) is 10.4. The molecule has 1 fully saturated rings. The van der Waals surface area contributed by atoms with Gasteiger partial charge in [0.25, 0.3) is 5.91 Å². The summed E-state index contributed by atoms with van der Waals surface area (Å²) in [6.07, 6.45) is 1.45. The van der Waals surface area contributed by atoms with Crippen LogP contribution in [0.3, 0.4) is 0 Å². The molecule has 0 radical (unpaired) electrons. The summed E-state index contributed by atoms with van der Waals surface area (Å²) in [5, 5.41) is 2.43. The molecule has 3 rings (SSSR count). The van der Waals surface area contributed by atoms with Crippen molar-refractivity contribution in [3.8, 4) is 11.5 Å². The first-order valence-electron chi connectivity index (χ1n) is 9.58. The van der Waals surface area contributed by atoms with E-state index >= 15 is 0 Å². The first-order chi connectivity index (χ1) is 15.3. The number of hydrogen-bond donors (Lipinski definition) is 1. The van der Waals surface area contributed by atoms with E-state index in [0.717, 1.165) is 4.90 Å². The molecule has 0 atom stereocenters. The van der Waals surface area contributed by atoms with Crippen LogP contribution in [-0.4, -0.2) is 43.1 Å². The van der Waals surface area contributed by atoms with Crippen LogP contribution in [-0.2, 0) is 20.9 Å². The maximum atomic E-state index is 13.9. The van der Waals surface area contributed by atoms with Crippen LogP contribution >= 0.6 is 15.9 Å². The topological polar surface area (TPSA) is 94.2 Å². The number of esters is 1. The summed E-state index contributed by atoms with van der Waals surface area (Å²) in [6, 6.07) is 8.82. The molecule has 1 saturated heterocycles. The second kappa shape index (κ2) is 10.3. The fraction of sp³-hybridized carbons (Fsp3) is 0.227. The maximum absolute atomic E-state index is 13.9. The zero-order valence-corrected chi connectivity index (χ0v) is 18.9. The van der Waals surface area contributed by atoms with E-state index < -0.39 is 24.5 Å². The quantitative estimate of drug-likeness (QED) is 0.333. The minimum absolute atomic E-state index is 0.00332. The van der Waals surface area contributed by atoms with Gasteiger partial charge in [0.05, 0.1) is 13.7 Å². The molecule has 32 heavy (non-hydrogen) atoms. The van der Waals surface area contributed by atoms with Gasteiger partial charge in [-0.2, -0.15) is 0 Å². The summed E-state index contributed by atoms with van der Waals surface area (Å²) in [4.78, 5) is 36.8. The molecule has 2 aromatic rings. The van der Waals surface area contributed by atoms with Gasteiger partial charge < -0.3 is 19.5 Å². The van der Waals surface area contributed by atoms with Crippen LogP contribution < -0.4 is 14.8 Å². The Hall–Kier alpha value is -3.40. The highest BCUT2D eigenvalue weighted by molar-refractivity contribution is 9.10. The Morgan fingerprint density at radius 2 is 1.91 bits per heavy atom. The molecule has 1 aliphatic rings. The van der Waals surface area contributed by atoms with Crippen molar-refractivity contribution in [1.82, 2.24) is 10.2 Å². The van der Waals surface area contributed by atoms with Gasteiger partial charge in [-0.25, -0.2) is 14.1 Å². The summed E-state index contributed by atoms with van der Waals surface area (Å²) in [5.41, 5.74) is 0.902. The molecular formula is C22H20BrFN2O6. The maximum Gasteiger partial charge on any atom is 0.329 e. The molecule has 168 valence electrons. The van der Waals surface area contributed by atoms with Crippen LogP contribution in [0.4, 0.5) is 9.18 Å². The van der Waals surface area contributed by atoms with E-state index in [2.05, 4.69) is 26.0 Å². The van der Waals surface area contributed by atoms with Gasteiger partial charge >= 0.3 is 12.0 Å². The number of carbonyl (C=O) groups excluding carboxylic acids is 3. The van der Waals surface area contributed by atoms with Crippen LogP contribution in [0.1, 0.15) is 18.1 Å². The van der Waals surface area contributed by atoms with Crippen molar-refractivity contribution in [3.05, 3.63) is 63.5 Å². The Kier molecular flexibility index (Phi) is 7.47. The summed E-state index contributed by atoms with van der Waals surface area (Å²) in [7, 11) is 1.17. The monoisotopic (exact) mass is 506 g/mol. The van der Waals surface area contributed by atoms with Crippen molar-refractivity contribution in [2.24, 2.45) is 0 Å². The number of amides is 3. The molecule has 1 heterocycles. The Balaban J connectivity index is 1.85. The van der Waals surface area contributed by atoms with Gasteiger partial charge in [-0.3, -0.25) is 9.59 Å². The smallest absolute Gasteiger partial charge is 0.329 e.